The van der Waals surface area contributed by atoms with E-state index in [1.165, 1.54) is 0 Å². The molecule has 1 aliphatic carbocycles. The molecule has 1 aromatic carbocycles. The van der Waals surface area contributed by atoms with Crippen molar-refractivity contribution in [1.29, 1.82) is 0 Å². The number of hydrogen-bond donors (Lipinski definition) is 1. The summed E-state index contributed by atoms with van der Waals surface area (Å²) in [7, 11) is 0. The van der Waals surface area contributed by atoms with E-state index in [0.717, 1.165) is 32.1 Å². The molecule has 6 heteroatoms. The molecule has 2 heterocycles. The molecule has 0 bridgehead atoms. The lowest BCUT2D eigenvalue weighted by molar-refractivity contribution is -0.149. The fraction of sp³-hybridized carbons (Fsp3) is 0.526. The molecular weight excluding hydrogens is 318 g/mol. The number of nitrogens with zero attached hydrogens (tertiary/aromatic N) is 2. The average Bonchev–Trinajstić information content (AvgIpc) is 3.47. The van der Waals surface area contributed by atoms with E-state index in [1.54, 1.807) is 6.07 Å². The van der Waals surface area contributed by atoms with Crippen LogP contribution >= 0.6 is 0 Å². The largest absolute Gasteiger partial charge is 0.368 e. The Labute approximate surface area is 146 Å². The van der Waals surface area contributed by atoms with Crippen LogP contribution in [0, 0.1) is 0 Å². The minimum absolute atomic E-state index is 0.0329. The van der Waals surface area contributed by atoms with Crippen molar-refractivity contribution in [2.45, 2.75) is 57.2 Å². The summed E-state index contributed by atoms with van der Waals surface area (Å²) < 4.78 is 5.70. The van der Waals surface area contributed by atoms with Gasteiger partial charge in [0.2, 0.25) is 0 Å². The van der Waals surface area contributed by atoms with Crippen molar-refractivity contribution in [2.24, 2.45) is 0 Å². The van der Waals surface area contributed by atoms with Crippen LogP contribution < -0.4 is 5.56 Å². The van der Waals surface area contributed by atoms with Crippen LogP contribution in [0.3, 0.4) is 0 Å². The van der Waals surface area contributed by atoms with Crippen LogP contribution in [0.2, 0.25) is 0 Å². The number of amides is 1. The molecule has 25 heavy (non-hydrogen) atoms. The van der Waals surface area contributed by atoms with Crippen molar-refractivity contribution in [3.8, 4) is 0 Å². The van der Waals surface area contributed by atoms with Gasteiger partial charge in [0.1, 0.15) is 11.9 Å². The smallest absolute Gasteiger partial charge is 0.258 e. The molecule has 1 amide bonds. The molecule has 1 saturated carbocycles. The first-order valence-electron chi connectivity index (χ1n) is 9.08. The van der Waals surface area contributed by atoms with E-state index in [-0.39, 0.29) is 29.7 Å². The lowest BCUT2D eigenvalue weighted by Crippen LogP contribution is -2.45. The zero-order valence-corrected chi connectivity index (χ0v) is 14.4. The van der Waals surface area contributed by atoms with Crippen LogP contribution in [0.25, 0.3) is 10.9 Å². The van der Waals surface area contributed by atoms with Gasteiger partial charge in [-0.05, 0) is 51.2 Å². The third-order valence-corrected chi connectivity index (χ3v) is 5.09. The normalized spacial score (nSPS) is 21.9. The quantitative estimate of drug-likeness (QED) is 0.927. The molecule has 2 aromatic rings. The first kappa shape index (κ1) is 16.3. The third kappa shape index (κ3) is 3.18. The summed E-state index contributed by atoms with van der Waals surface area (Å²) in [6.07, 6.45) is 4.46. The summed E-state index contributed by atoms with van der Waals surface area (Å²) in [5.74, 6) is 0.574. The predicted molar refractivity (Wildman–Crippen MR) is 94.2 cm³/mol. The molecule has 0 radical (unpaired) electrons. The van der Waals surface area contributed by atoms with Gasteiger partial charge in [0.15, 0.2) is 0 Å². The number of aromatic amines is 1. The van der Waals surface area contributed by atoms with Gasteiger partial charge < -0.3 is 14.6 Å². The summed E-state index contributed by atoms with van der Waals surface area (Å²) in [4.78, 5) is 34.7. The zero-order valence-electron chi connectivity index (χ0n) is 14.4. The van der Waals surface area contributed by atoms with Crippen LogP contribution in [0.5, 0.6) is 0 Å². The van der Waals surface area contributed by atoms with Gasteiger partial charge in [0.05, 0.1) is 16.9 Å². The van der Waals surface area contributed by atoms with Crippen molar-refractivity contribution in [3.05, 3.63) is 40.4 Å². The van der Waals surface area contributed by atoms with Crippen LogP contribution in [0.15, 0.2) is 29.1 Å². The highest BCUT2D eigenvalue weighted by Gasteiger charge is 2.40. The van der Waals surface area contributed by atoms with E-state index >= 15 is 0 Å². The summed E-state index contributed by atoms with van der Waals surface area (Å²) >= 11 is 0. The number of hydrogen-bond acceptors (Lipinski definition) is 4. The molecule has 2 atom stereocenters. The Hall–Kier alpha value is -2.21. The summed E-state index contributed by atoms with van der Waals surface area (Å²) in [6.45, 7) is 2.58. The highest BCUT2D eigenvalue weighted by Crippen LogP contribution is 2.35. The van der Waals surface area contributed by atoms with Crippen molar-refractivity contribution in [1.82, 2.24) is 14.9 Å². The number of ether oxygens (including phenoxy) is 1. The lowest BCUT2D eigenvalue weighted by Gasteiger charge is -2.33. The third-order valence-electron chi connectivity index (χ3n) is 5.09. The van der Waals surface area contributed by atoms with Gasteiger partial charge in [-0.2, -0.15) is 0 Å². The standard InChI is InChI=1S/C19H23N3O3/c1-12(17-20-15-7-3-2-6-14(15)18(23)21-17)22(13-9-10-13)19(24)16-8-4-5-11-25-16/h2-3,6-7,12-13,16H,4-5,8-11H2,1H3,(H,20,21,23)/t12-,16+/m0/s1. The van der Waals surface area contributed by atoms with E-state index in [1.807, 2.05) is 30.0 Å². The number of para-hydroxylation sites is 1. The fourth-order valence-electron chi connectivity index (χ4n) is 3.58. The second-order valence-electron chi connectivity index (χ2n) is 6.98. The number of nitrogens with one attached hydrogen (secondary N) is 1. The second-order valence-corrected chi connectivity index (χ2v) is 6.98. The molecule has 1 aromatic heterocycles. The van der Waals surface area contributed by atoms with Gasteiger partial charge in [-0.1, -0.05) is 12.1 Å². The molecule has 0 unspecified atom stereocenters. The first-order chi connectivity index (χ1) is 12.1. The first-order valence-corrected chi connectivity index (χ1v) is 9.08. The Balaban J connectivity index is 1.66. The van der Waals surface area contributed by atoms with Gasteiger partial charge in [-0.3, -0.25) is 9.59 Å². The summed E-state index contributed by atoms with van der Waals surface area (Å²) in [5, 5.41) is 0.568. The Bertz CT molecular complexity index is 837. The van der Waals surface area contributed by atoms with Crippen molar-refractivity contribution < 1.29 is 9.53 Å². The Morgan fingerprint density at radius 2 is 2.08 bits per heavy atom. The van der Waals surface area contributed by atoms with Crippen LogP contribution in [-0.2, 0) is 9.53 Å². The van der Waals surface area contributed by atoms with Gasteiger partial charge in [0, 0.05) is 12.6 Å². The Morgan fingerprint density at radius 3 is 2.80 bits per heavy atom. The fourth-order valence-corrected chi connectivity index (χ4v) is 3.58. The van der Waals surface area contributed by atoms with Crippen LogP contribution in [0.1, 0.15) is 50.9 Å². The van der Waals surface area contributed by atoms with E-state index < -0.39 is 0 Å². The van der Waals surface area contributed by atoms with Crippen LogP contribution in [0.4, 0.5) is 0 Å². The number of rotatable bonds is 4. The molecule has 0 spiro atoms. The summed E-state index contributed by atoms with van der Waals surface area (Å²) in [5.41, 5.74) is 0.495. The molecule has 1 N–H and O–H groups in total. The molecule has 2 aliphatic rings. The molecule has 6 nitrogen and oxygen atoms in total. The maximum Gasteiger partial charge on any atom is 0.258 e. The number of carbonyl (C=O) groups is 1. The molecule has 2 fully saturated rings. The maximum atomic E-state index is 13.0. The minimum Gasteiger partial charge on any atom is -0.368 e. The van der Waals surface area contributed by atoms with Gasteiger partial charge >= 0.3 is 0 Å². The van der Waals surface area contributed by atoms with Crippen LogP contribution in [-0.4, -0.2) is 39.5 Å². The van der Waals surface area contributed by atoms with Gasteiger partial charge in [-0.15, -0.1) is 0 Å². The second kappa shape index (κ2) is 6.59. The highest BCUT2D eigenvalue weighted by molar-refractivity contribution is 5.82. The van der Waals surface area contributed by atoms with Crippen molar-refractivity contribution in [3.63, 3.8) is 0 Å². The molecule has 1 saturated heterocycles. The highest BCUT2D eigenvalue weighted by atomic mass is 16.5. The van der Waals surface area contributed by atoms with Gasteiger partial charge in [-0.25, -0.2) is 4.98 Å². The van der Waals surface area contributed by atoms with E-state index in [0.29, 0.717) is 23.3 Å². The Morgan fingerprint density at radius 1 is 1.28 bits per heavy atom. The molecular formula is C19H23N3O3. The van der Waals surface area contributed by atoms with E-state index in [9.17, 15) is 9.59 Å². The number of fused-ring (bicyclic) bond motifs is 1. The lowest BCUT2D eigenvalue weighted by atomic mass is 10.1. The number of benzene rings is 1. The van der Waals surface area contributed by atoms with E-state index in [2.05, 4.69) is 9.97 Å². The Kier molecular flexibility index (Phi) is 4.29. The van der Waals surface area contributed by atoms with E-state index in [4.69, 9.17) is 4.74 Å². The number of H-pyrrole nitrogens is 1. The minimum atomic E-state index is -0.357. The molecule has 1 aliphatic heterocycles. The summed E-state index contributed by atoms with van der Waals surface area (Å²) in [6, 6.07) is 7.22. The van der Waals surface area contributed by atoms with Crippen molar-refractivity contribution in [2.75, 3.05) is 6.61 Å². The van der Waals surface area contributed by atoms with Gasteiger partial charge in [0.25, 0.3) is 11.5 Å². The average molecular weight is 341 g/mol. The monoisotopic (exact) mass is 341 g/mol. The topological polar surface area (TPSA) is 75.3 Å². The number of carbonyl (C=O) groups excluding carboxylic acids is 1. The SMILES string of the molecule is C[C@@H](c1nc2ccccc2c(=O)[nH]1)N(C(=O)[C@H]1CCCCO1)C1CC1. The molecule has 4 rings (SSSR count). The zero-order chi connectivity index (χ0) is 17.4. The number of aromatic nitrogens is 2. The maximum absolute atomic E-state index is 13.0. The van der Waals surface area contributed by atoms with Crippen molar-refractivity contribution >= 4 is 16.8 Å². The molecule has 132 valence electrons. The predicted octanol–water partition coefficient (Wildman–Crippen LogP) is 2.54.